The largest absolute Gasteiger partial charge is 0.390 e. The lowest BCUT2D eigenvalue weighted by Crippen LogP contribution is -2.20. The average Bonchev–Trinajstić information content (AvgIpc) is 2.58. The zero-order chi connectivity index (χ0) is 11.8. The van der Waals surface area contributed by atoms with Gasteiger partial charge in [-0.05, 0) is 44.9 Å². The van der Waals surface area contributed by atoms with Crippen molar-refractivity contribution < 1.29 is 5.11 Å². The quantitative estimate of drug-likeness (QED) is 0.839. The van der Waals surface area contributed by atoms with Gasteiger partial charge >= 0.3 is 0 Å². The summed E-state index contributed by atoms with van der Waals surface area (Å²) in [6.07, 6.45) is 2.87. The molecule has 0 saturated carbocycles. The highest BCUT2D eigenvalue weighted by molar-refractivity contribution is 5.83. The van der Waals surface area contributed by atoms with E-state index in [1.807, 2.05) is 13.8 Å². The normalized spacial score (nSPS) is 12.2. The summed E-state index contributed by atoms with van der Waals surface area (Å²) < 4.78 is 2.21. The van der Waals surface area contributed by atoms with Crippen LogP contribution in [0.1, 0.15) is 25.8 Å². The molecule has 0 fully saturated rings. The molecule has 0 amide bonds. The Morgan fingerprint density at radius 1 is 1.25 bits per heavy atom. The molecule has 1 aromatic carbocycles. The molecule has 2 rings (SSSR count). The lowest BCUT2D eigenvalue weighted by Gasteiger charge is -2.17. The van der Waals surface area contributed by atoms with E-state index in [1.165, 1.54) is 16.5 Å². The highest BCUT2D eigenvalue weighted by Gasteiger charge is 2.12. The zero-order valence-electron chi connectivity index (χ0n) is 10.2. The lowest BCUT2D eigenvalue weighted by atomic mass is 10.1. The van der Waals surface area contributed by atoms with E-state index in [0.29, 0.717) is 0 Å². The molecule has 2 aromatic rings. The van der Waals surface area contributed by atoms with E-state index in [0.717, 1.165) is 13.0 Å². The first-order valence-corrected chi connectivity index (χ1v) is 5.74. The van der Waals surface area contributed by atoms with E-state index < -0.39 is 5.60 Å². The van der Waals surface area contributed by atoms with Gasteiger partial charge in [-0.1, -0.05) is 12.1 Å². The number of rotatable bonds is 3. The number of aliphatic hydroxyl groups is 1. The van der Waals surface area contributed by atoms with Crippen molar-refractivity contribution in [2.75, 3.05) is 0 Å². The molecule has 0 spiro atoms. The average molecular weight is 217 g/mol. The first kappa shape index (κ1) is 11.2. The van der Waals surface area contributed by atoms with Crippen LogP contribution in [-0.2, 0) is 6.54 Å². The van der Waals surface area contributed by atoms with Gasteiger partial charge in [-0.2, -0.15) is 0 Å². The molecule has 2 nitrogen and oxygen atoms in total. The smallest absolute Gasteiger partial charge is 0.0608 e. The van der Waals surface area contributed by atoms with Gasteiger partial charge in [0.25, 0.3) is 0 Å². The van der Waals surface area contributed by atoms with Crippen LogP contribution < -0.4 is 0 Å². The van der Waals surface area contributed by atoms with Crippen molar-refractivity contribution in [1.29, 1.82) is 0 Å². The molecule has 0 aliphatic heterocycles. The standard InChI is InChI=1S/C14H19NO/c1-11-5-4-6-13-12(11)7-9-15(13)10-8-14(2,3)16/h4-7,9,16H,8,10H2,1-3H3. The van der Waals surface area contributed by atoms with Gasteiger partial charge < -0.3 is 9.67 Å². The lowest BCUT2D eigenvalue weighted by molar-refractivity contribution is 0.0666. The maximum Gasteiger partial charge on any atom is 0.0608 e. The Labute approximate surface area is 96.5 Å². The Morgan fingerprint density at radius 2 is 2.00 bits per heavy atom. The fourth-order valence-electron chi connectivity index (χ4n) is 1.97. The molecule has 0 aliphatic rings. The predicted molar refractivity (Wildman–Crippen MR) is 67.6 cm³/mol. The summed E-state index contributed by atoms with van der Waals surface area (Å²) in [5, 5.41) is 11.0. The van der Waals surface area contributed by atoms with Crippen LogP contribution >= 0.6 is 0 Å². The fourth-order valence-corrected chi connectivity index (χ4v) is 1.97. The molecule has 86 valence electrons. The molecule has 0 radical (unpaired) electrons. The molecule has 0 unspecified atom stereocenters. The number of nitrogens with zero attached hydrogens (tertiary/aromatic N) is 1. The first-order chi connectivity index (χ1) is 7.47. The van der Waals surface area contributed by atoms with Gasteiger partial charge in [0.1, 0.15) is 0 Å². The topological polar surface area (TPSA) is 25.2 Å². The van der Waals surface area contributed by atoms with Crippen molar-refractivity contribution in [2.45, 2.75) is 39.3 Å². The van der Waals surface area contributed by atoms with Crippen molar-refractivity contribution in [1.82, 2.24) is 4.57 Å². The van der Waals surface area contributed by atoms with E-state index >= 15 is 0 Å². The predicted octanol–water partition coefficient (Wildman–Crippen LogP) is 3.11. The minimum Gasteiger partial charge on any atom is -0.390 e. The zero-order valence-corrected chi connectivity index (χ0v) is 10.2. The third-order valence-electron chi connectivity index (χ3n) is 3.00. The van der Waals surface area contributed by atoms with Gasteiger partial charge in [-0.15, -0.1) is 0 Å². The van der Waals surface area contributed by atoms with Gasteiger partial charge in [0, 0.05) is 23.6 Å². The van der Waals surface area contributed by atoms with E-state index in [4.69, 9.17) is 0 Å². The molecular formula is C14H19NO. The minimum atomic E-state index is -0.597. The Morgan fingerprint density at radius 3 is 2.69 bits per heavy atom. The van der Waals surface area contributed by atoms with E-state index in [-0.39, 0.29) is 0 Å². The number of aryl methyl sites for hydroxylation is 2. The molecule has 2 heteroatoms. The van der Waals surface area contributed by atoms with Gasteiger partial charge in [0.2, 0.25) is 0 Å². The number of hydrogen-bond donors (Lipinski definition) is 1. The Hall–Kier alpha value is -1.28. The number of benzene rings is 1. The Bertz CT molecular complexity index is 491. The fraction of sp³-hybridized carbons (Fsp3) is 0.429. The third kappa shape index (κ3) is 2.27. The van der Waals surface area contributed by atoms with Gasteiger partial charge in [-0.3, -0.25) is 0 Å². The summed E-state index contributed by atoms with van der Waals surface area (Å²) in [4.78, 5) is 0. The highest BCUT2D eigenvalue weighted by atomic mass is 16.3. The van der Waals surface area contributed by atoms with Crippen LogP contribution in [-0.4, -0.2) is 15.3 Å². The van der Waals surface area contributed by atoms with Gasteiger partial charge in [-0.25, -0.2) is 0 Å². The van der Waals surface area contributed by atoms with Crippen molar-refractivity contribution >= 4 is 10.9 Å². The van der Waals surface area contributed by atoms with Crippen molar-refractivity contribution in [3.63, 3.8) is 0 Å². The van der Waals surface area contributed by atoms with E-state index in [1.54, 1.807) is 0 Å². The first-order valence-electron chi connectivity index (χ1n) is 5.74. The number of hydrogen-bond acceptors (Lipinski definition) is 1. The van der Waals surface area contributed by atoms with Crippen LogP contribution in [0.4, 0.5) is 0 Å². The summed E-state index contributed by atoms with van der Waals surface area (Å²) in [6, 6.07) is 8.49. The Balaban J connectivity index is 2.29. The number of aromatic nitrogens is 1. The molecule has 0 atom stereocenters. The SMILES string of the molecule is Cc1cccc2c1ccn2CCC(C)(C)O. The molecular weight excluding hydrogens is 198 g/mol. The third-order valence-corrected chi connectivity index (χ3v) is 3.00. The number of fused-ring (bicyclic) bond motifs is 1. The molecule has 0 bridgehead atoms. The summed E-state index contributed by atoms with van der Waals surface area (Å²) in [5.74, 6) is 0. The van der Waals surface area contributed by atoms with E-state index in [9.17, 15) is 5.11 Å². The molecule has 1 N–H and O–H groups in total. The summed E-state index contributed by atoms with van der Waals surface area (Å²) in [7, 11) is 0. The van der Waals surface area contributed by atoms with Gasteiger partial charge in [0.15, 0.2) is 0 Å². The second-order valence-corrected chi connectivity index (χ2v) is 5.08. The van der Waals surface area contributed by atoms with Crippen LogP contribution in [0, 0.1) is 6.92 Å². The van der Waals surface area contributed by atoms with Gasteiger partial charge in [0.05, 0.1) is 5.60 Å². The van der Waals surface area contributed by atoms with Crippen molar-refractivity contribution in [3.05, 3.63) is 36.0 Å². The Kier molecular flexibility index (Phi) is 2.76. The van der Waals surface area contributed by atoms with Crippen LogP contribution in [0.3, 0.4) is 0 Å². The molecule has 16 heavy (non-hydrogen) atoms. The molecule has 1 aromatic heterocycles. The second-order valence-electron chi connectivity index (χ2n) is 5.08. The monoisotopic (exact) mass is 217 g/mol. The van der Waals surface area contributed by atoms with Crippen LogP contribution in [0.15, 0.2) is 30.5 Å². The molecule has 0 saturated heterocycles. The van der Waals surface area contributed by atoms with Crippen molar-refractivity contribution in [2.24, 2.45) is 0 Å². The van der Waals surface area contributed by atoms with E-state index in [2.05, 4.69) is 42.0 Å². The molecule has 1 heterocycles. The summed E-state index contributed by atoms with van der Waals surface area (Å²) in [6.45, 7) is 6.69. The minimum absolute atomic E-state index is 0.597. The van der Waals surface area contributed by atoms with Crippen LogP contribution in [0.25, 0.3) is 10.9 Å². The molecule has 0 aliphatic carbocycles. The second kappa shape index (κ2) is 3.95. The highest BCUT2D eigenvalue weighted by Crippen LogP contribution is 2.20. The summed E-state index contributed by atoms with van der Waals surface area (Å²) in [5.41, 5.74) is 1.96. The van der Waals surface area contributed by atoms with Crippen LogP contribution in [0.5, 0.6) is 0 Å². The van der Waals surface area contributed by atoms with Crippen LogP contribution in [0.2, 0.25) is 0 Å². The maximum atomic E-state index is 9.73. The van der Waals surface area contributed by atoms with Crippen molar-refractivity contribution in [3.8, 4) is 0 Å². The summed E-state index contributed by atoms with van der Waals surface area (Å²) >= 11 is 0. The maximum absolute atomic E-state index is 9.73.